The molecule has 3 nitrogen and oxygen atoms in total. The van der Waals surface area contributed by atoms with Gasteiger partial charge in [0.05, 0.1) is 11.4 Å². The molecule has 14 rings (SSSR count). The summed E-state index contributed by atoms with van der Waals surface area (Å²) >= 11 is 0. The molecule has 0 saturated heterocycles. The van der Waals surface area contributed by atoms with Gasteiger partial charge >= 0.3 is 0 Å². The zero-order chi connectivity index (χ0) is 42.3. The van der Waals surface area contributed by atoms with Crippen LogP contribution in [-0.2, 0) is 5.41 Å². The number of fused-ring (bicyclic) bond motifs is 17. The highest BCUT2D eigenvalue weighted by Gasteiger charge is 2.39. The molecule has 0 spiro atoms. The maximum atomic E-state index is 6.83. The molecular formula is C61H39NO2. The monoisotopic (exact) mass is 817 g/mol. The summed E-state index contributed by atoms with van der Waals surface area (Å²) in [5, 5.41) is 14.6. The van der Waals surface area contributed by atoms with E-state index in [1.807, 2.05) is 18.2 Å². The van der Waals surface area contributed by atoms with Crippen molar-refractivity contribution < 1.29 is 8.83 Å². The summed E-state index contributed by atoms with van der Waals surface area (Å²) in [5.41, 5.74) is 13.8. The van der Waals surface area contributed by atoms with Crippen LogP contribution in [-0.4, -0.2) is 0 Å². The van der Waals surface area contributed by atoms with Crippen LogP contribution < -0.4 is 4.90 Å². The van der Waals surface area contributed by atoms with Crippen LogP contribution in [0.5, 0.6) is 0 Å². The van der Waals surface area contributed by atoms with Gasteiger partial charge in [0.1, 0.15) is 16.7 Å². The van der Waals surface area contributed by atoms with Crippen molar-refractivity contribution in [2.24, 2.45) is 0 Å². The Labute approximate surface area is 369 Å². The van der Waals surface area contributed by atoms with Gasteiger partial charge in [0.25, 0.3) is 0 Å². The quantitative estimate of drug-likeness (QED) is 0.166. The first-order chi connectivity index (χ1) is 31.5. The minimum atomic E-state index is -0.295. The van der Waals surface area contributed by atoms with Gasteiger partial charge < -0.3 is 13.7 Å². The molecule has 0 N–H and O–H groups in total. The number of nitrogens with zero attached hydrogens (tertiary/aromatic N) is 1. The van der Waals surface area contributed by atoms with Gasteiger partial charge in [-0.15, -0.1) is 0 Å². The second-order valence-electron chi connectivity index (χ2n) is 17.9. The van der Waals surface area contributed by atoms with E-state index in [-0.39, 0.29) is 5.41 Å². The fourth-order valence-corrected chi connectivity index (χ4v) is 11.2. The molecular weight excluding hydrogens is 779 g/mol. The van der Waals surface area contributed by atoms with Crippen LogP contribution in [0.3, 0.4) is 0 Å². The van der Waals surface area contributed by atoms with Crippen molar-refractivity contribution in [1.29, 1.82) is 0 Å². The lowest BCUT2D eigenvalue weighted by atomic mass is 9.80. The predicted molar refractivity (Wildman–Crippen MR) is 269 cm³/mol. The molecule has 0 bridgehead atoms. The molecule has 2 heterocycles. The molecule has 0 radical (unpaired) electrons. The van der Waals surface area contributed by atoms with E-state index in [1.165, 1.54) is 65.3 Å². The largest absolute Gasteiger partial charge is 0.455 e. The fourth-order valence-electron chi connectivity index (χ4n) is 11.2. The number of rotatable bonds is 4. The van der Waals surface area contributed by atoms with E-state index < -0.39 is 0 Å². The first-order valence-electron chi connectivity index (χ1n) is 22.2. The van der Waals surface area contributed by atoms with Gasteiger partial charge in [-0.2, -0.15) is 0 Å². The van der Waals surface area contributed by atoms with Crippen molar-refractivity contribution >= 4 is 104 Å². The van der Waals surface area contributed by atoms with Crippen LogP contribution in [0.25, 0.3) is 109 Å². The maximum absolute atomic E-state index is 6.83. The first-order valence-corrected chi connectivity index (χ1v) is 22.2. The molecule has 2 aromatic heterocycles. The Hall–Kier alpha value is -8.14. The van der Waals surface area contributed by atoms with E-state index in [4.69, 9.17) is 8.83 Å². The first kappa shape index (κ1) is 35.5. The predicted octanol–water partition coefficient (Wildman–Crippen LogP) is 17.5. The van der Waals surface area contributed by atoms with Gasteiger partial charge in [-0.05, 0) is 114 Å². The summed E-state index contributed by atoms with van der Waals surface area (Å²) in [6.45, 7) is 4.81. The molecule has 1 aliphatic rings. The zero-order valence-electron chi connectivity index (χ0n) is 35.3. The number of hydrogen-bond acceptors (Lipinski definition) is 3. The summed E-state index contributed by atoms with van der Waals surface area (Å²) < 4.78 is 13.3. The molecule has 0 saturated carbocycles. The molecule has 0 unspecified atom stereocenters. The van der Waals surface area contributed by atoms with Crippen LogP contribution in [0.4, 0.5) is 17.1 Å². The molecule has 3 heteroatoms. The number of furan rings is 2. The topological polar surface area (TPSA) is 29.5 Å². The van der Waals surface area contributed by atoms with E-state index in [9.17, 15) is 0 Å². The molecule has 0 atom stereocenters. The Balaban J connectivity index is 1.03. The fraction of sp³-hybridized carbons (Fsp3) is 0.0492. The Morgan fingerprint density at radius 1 is 0.344 bits per heavy atom. The molecule has 0 amide bonds. The van der Waals surface area contributed by atoms with Gasteiger partial charge in [-0.1, -0.05) is 166 Å². The minimum absolute atomic E-state index is 0.295. The van der Waals surface area contributed by atoms with Gasteiger partial charge in [0.15, 0.2) is 5.58 Å². The number of para-hydroxylation sites is 4. The summed E-state index contributed by atoms with van der Waals surface area (Å²) in [7, 11) is 0. The number of anilines is 3. The molecule has 0 fully saturated rings. The molecule has 11 aromatic carbocycles. The lowest BCUT2D eigenvalue weighted by molar-refractivity contribution is 0.661. The third kappa shape index (κ3) is 4.81. The molecule has 1 aliphatic carbocycles. The Kier molecular flexibility index (Phi) is 7.17. The van der Waals surface area contributed by atoms with Crippen LogP contribution in [0.15, 0.2) is 209 Å². The highest BCUT2D eigenvalue weighted by atomic mass is 16.3. The average molecular weight is 818 g/mol. The van der Waals surface area contributed by atoms with E-state index in [0.717, 1.165) is 72.1 Å². The van der Waals surface area contributed by atoms with Crippen LogP contribution in [0.2, 0.25) is 0 Å². The normalized spacial score (nSPS) is 13.3. The summed E-state index contributed by atoms with van der Waals surface area (Å²) in [6, 6.07) is 72.9. The van der Waals surface area contributed by atoms with Gasteiger partial charge in [-0.3, -0.25) is 0 Å². The van der Waals surface area contributed by atoms with Crippen LogP contribution in [0, 0.1) is 0 Å². The van der Waals surface area contributed by atoms with E-state index in [1.54, 1.807) is 0 Å². The van der Waals surface area contributed by atoms with Crippen molar-refractivity contribution in [1.82, 2.24) is 0 Å². The third-order valence-electron chi connectivity index (χ3n) is 14.2. The van der Waals surface area contributed by atoms with Crippen molar-refractivity contribution in [3.8, 4) is 22.3 Å². The number of benzene rings is 11. The molecule has 0 aliphatic heterocycles. The lowest BCUT2D eigenvalue weighted by Gasteiger charge is -2.30. The van der Waals surface area contributed by atoms with Crippen molar-refractivity contribution in [2.75, 3.05) is 4.90 Å². The van der Waals surface area contributed by atoms with Gasteiger partial charge in [-0.25, -0.2) is 0 Å². The minimum Gasteiger partial charge on any atom is -0.455 e. The van der Waals surface area contributed by atoms with Crippen molar-refractivity contribution in [3.05, 3.63) is 211 Å². The molecule has 13 aromatic rings. The average Bonchev–Trinajstić information content (AvgIpc) is 3.99. The zero-order valence-corrected chi connectivity index (χ0v) is 35.3. The Bertz CT molecular complexity index is 4110. The van der Waals surface area contributed by atoms with Crippen LogP contribution >= 0.6 is 0 Å². The molecule has 64 heavy (non-hydrogen) atoms. The summed E-state index contributed by atoms with van der Waals surface area (Å²) in [6.07, 6.45) is 0. The maximum Gasteiger partial charge on any atom is 0.159 e. The second kappa shape index (κ2) is 12.9. The van der Waals surface area contributed by atoms with Crippen LogP contribution in [0.1, 0.15) is 25.0 Å². The summed E-state index contributed by atoms with van der Waals surface area (Å²) in [4.78, 5) is 2.43. The Morgan fingerprint density at radius 3 is 1.50 bits per heavy atom. The van der Waals surface area contributed by atoms with Gasteiger partial charge in [0, 0.05) is 43.6 Å². The third-order valence-corrected chi connectivity index (χ3v) is 14.2. The standard InChI is InChI=1S/C61H39NO2/c1-61(2)52-34-50-42-18-6-4-16-40(42)39-15-3-5-17-41(39)49(50)33-51(52)58-46-22-8-7-19-43(46)55(35-53(58)61)62(54-26-14-25-48-45-21-10-12-28-57(45)64-60(48)54)37-31-29-36(30-32-37)38-23-13-24-47-44-20-9-11-27-56(44)63-59(38)47/h3-35H,1-2H3. The summed E-state index contributed by atoms with van der Waals surface area (Å²) in [5.74, 6) is 0. The highest BCUT2D eigenvalue weighted by molar-refractivity contribution is 6.27. The Morgan fingerprint density at radius 2 is 0.844 bits per heavy atom. The van der Waals surface area contributed by atoms with Crippen molar-refractivity contribution in [3.63, 3.8) is 0 Å². The molecule has 300 valence electrons. The van der Waals surface area contributed by atoms with Crippen molar-refractivity contribution in [2.45, 2.75) is 19.3 Å². The van der Waals surface area contributed by atoms with E-state index >= 15 is 0 Å². The lowest BCUT2D eigenvalue weighted by Crippen LogP contribution is -2.17. The number of hydrogen-bond donors (Lipinski definition) is 0. The second-order valence-corrected chi connectivity index (χ2v) is 17.9. The SMILES string of the molecule is CC1(C)c2cc3c4ccccc4c4ccccc4c3cc2-c2c1cc(N(c1ccc(-c3cccc4c3oc3ccccc34)cc1)c1cccc3c1oc1ccccc13)c1ccccc21. The van der Waals surface area contributed by atoms with E-state index in [2.05, 4.69) is 201 Å². The van der Waals surface area contributed by atoms with E-state index in [0.29, 0.717) is 0 Å². The smallest absolute Gasteiger partial charge is 0.159 e. The highest BCUT2D eigenvalue weighted by Crippen LogP contribution is 2.57. The van der Waals surface area contributed by atoms with Gasteiger partial charge in [0.2, 0.25) is 0 Å².